The standard InChI is InChI=1S/C19H18N4O5S/c24-19(25)13-5-7-16(8-6-13)29(26,27)23-10-2-4-15(12-23)18-21-17(22-28-18)14-3-1-9-20-11-14/h1,3,5-9,11,15H,2,4,10,12H2,(H,24,25). The van der Waals surface area contributed by atoms with Crippen LogP contribution in [-0.2, 0) is 10.0 Å². The number of hydrogen-bond acceptors (Lipinski definition) is 7. The molecule has 1 unspecified atom stereocenters. The highest BCUT2D eigenvalue weighted by atomic mass is 32.2. The Balaban J connectivity index is 1.53. The molecule has 0 radical (unpaired) electrons. The second kappa shape index (κ2) is 7.72. The lowest BCUT2D eigenvalue weighted by Crippen LogP contribution is -2.39. The summed E-state index contributed by atoms with van der Waals surface area (Å²) in [6.07, 6.45) is 4.67. The summed E-state index contributed by atoms with van der Waals surface area (Å²) in [5.74, 6) is -0.509. The van der Waals surface area contributed by atoms with Crippen LogP contribution in [0.1, 0.15) is 35.0 Å². The van der Waals surface area contributed by atoms with Crippen molar-refractivity contribution >= 4 is 16.0 Å². The molecule has 1 aliphatic rings. The second-order valence-electron chi connectivity index (χ2n) is 6.73. The van der Waals surface area contributed by atoms with E-state index in [1.54, 1.807) is 18.5 Å². The van der Waals surface area contributed by atoms with Gasteiger partial charge in [0.1, 0.15) is 0 Å². The van der Waals surface area contributed by atoms with Gasteiger partial charge in [-0.2, -0.15) is 9.29 Å². The number of aromatic nitrogens is 3. The molecule has 0 aliphatic carbocycles. The Morgan fingerprint density at radius 1 is 1.21 bits per heavy atom. The van der Waals surface area contributed by atoms with Crippen molar-refractivity contribution in [1.29, 1.82) is 0 Å². The Morgan fingerprint density at radius 2 is 2.00 bits per heavy atom. The second-order valence-corrected chi connectivity index (χ2v) is 8.67. The van der Waals surface area contributed by atoms with Gasteiger partial charge in [-0.25, -0.2) is 13.2 Å². The summed E-state index contributed by atoms with van der Waals surface area (Å²) in [6, 6.07) is 8.80. The van der Waals surface area contributed by atoms with Gasteiger partial charge in [0.25, 0.3) is 0 Å². The Labute approximate surface area is 167 Å². The summed E-state index contributed by atoms with van der Waals surface area (Å²) in [5, 5.41) is 13.0. The van der Waals surface area contributed by atoms with Crippen LogP contribution in [0.4, 0.5) is 0 Å². The van der Waals surface area contributed by atoms with Crippen LogP contribution in [0.3, 0.4) is 0 Å². The number of hydrogen-bond donors (Lipinski definition) is 1. The van der Waals surface area contributed by atoms with Gasteiger partial charge >= 0.3 is 5.97 Å². The maximum atomic E-state index is 13.0. The molecule has 9 nitrogen and oxygen atoms in total. The predicted molar refractivity (Wildman–Crippen MR) is 102 cm³/mol. The van der Waals surface area contributed by atoms with Crippen molar-refractivity contribution in [1.82, 2.24) is 19.4 Å². The van der Waals surface area contributed by atoms with Crippen LogP contribution in [0.25, 0.3) is 11.4 Å². The zero-order valence-corrected chi connectivity index (χ0v) is 16.1. The van der Waals surface area contributed by atoms with E-state index >= 15 is 0 Å². The smallest absolute Gasteiger partial charge is 0.335 e. The zero-order valence-electron chi connectivity index (χ0n) is 15.3. The Bertz CT molecular complexity index is 1110. The van der Waals surface area contributed by atoms with Crippen LogP contribution in [-0.4, -0.2) is 52.0 Å². The first-order valence-corrected chi connectivity index (χ1v) is 10.5. The number of sulfonamides is 1. The molecule has 1 aliphatic heterocycles. The van der Waals surface area contributed by atoms with Gasteiger partial charge in [0.05, 0.1) is 16.4 Å². The minimum absolute atomic E-state index is 0.0364. The van der Waals surface area contributed by atoms with Crippen molar-refractivity contribution in [3.05, 3.63) is 60.2 Å². The molecule has 0 saturated carbocycles. The molecule has 3 heterocycles. The lowest BCUT2D eigenvalue weighted by Gasteiger charge is -2.30. The molecule has 0 spiro atoms. The summed E-state index contributed by atoms with van der Waals surface area (Å²) in [5.41, 5.74) is 0.760. The number of carbonyl (C=O) groups is 1. The molecule has 0 bridgehead atoms. The number of carboxylic acid groups (broad SMARTS) is 1. The molecule has 4 rings (SSSR count). The lowest BCUT2D eigenvalue weighted by atomic mass is 10.00. The average molecular weight is 414 g/mol. The minimum Gasteiger partial charge on any atom is -0.478 e. The van der Waals surface area contributed by atoms with Gasteiger partial charge in [-0.15, -0.1) is 0 Å². The summed E-state index contributed by atoms with van der Waals surface area (Å²) >= 11 is 0. The molecular weight excluding hydrogens is 396 g/mol. The van der Waals surface area contributed by atoms with Gasteiger partial charge in [-0.1, -0.05) is 5.16 Å². The van der Waals surface area contributed by atoms with Crippen molar-refractivity contribution in [3.63, 3.8) is 0 Å². The van der Waals surface area contributed by atoms with Crippen LogP contribution in [0.5, 0.6) is 0 Å². The topological polar surface area (TPSA) is 126 Å². The van der Waals surface area contributed by atoms with Crippen LogP contribution in [0.2, 0.25) is 0 Å². The summed E-state index contributed by atoms with van der Waals surface area (Å²) < 4.78 is 32.7. The molecule has 1 aromatic carbocycles. The van der Waals surface area contributed by atoms with E-state index in [0.29, 0.717) is 24.7 Å². The summed E-state index contributed by atoms with van der Waals surface area (Å²) in [6.45, 7) is 0.598. The van der Waals surface area contributed by atoms with Crippen LogP contribution >= 0.6 is 0 Å². The van der Waals surface area contributed by atoms with Crippen LogP contribution in [0.15, 0.2) is 58.2 Å². The first-order chi connectivity index (χ1) is 13.9. The Morgan fingerprint density at radius 3 is 2.69 bits per heavy atom. The van der Waals surface area contributed by atoms with Crippen molar-refractivity contribution in [3.8, 4) is 11.4 Å². The molecule has 0 amide bonds. The molecule has 10 heteroatoms. The fourth-order valence-corrected chi connectivity index (χ4v) is 4.82. The van der Waals surface area contributed by atoms with E-state index in [2.05, 4.69) is 15.1 Å². The van der Waals surface area contributed by atoms with Gasteiger partial charge in [-0.3, -0.25) is 4.98 Å². The van der Waals surface area contributed by atoms with Crippen molar-refractivity contribution < 1.29 is 22.8 Å². The van der Waals surface area contributed by atoms with Crippen molar-refractivity contribution in [2.75, 3.05) is 13.1 Å². The van der Waals surface area contributed by atoms with Gasteiger partial charge in [0.15, 0.2) is 0 Å². The SMILES string of the molecule is O=C(O)c1ccc(S(=O)(=O)N2CCCC(c3nc(-c4cccnc4)no3)C2)cc1. The van der Waals surface area contributed by atoms with Crippen LogP contribution in [0, 0.1) is 0 Å². The largest absolute Gasteiger partial charge is 0.478 e. The quantitative estimate of drug-likeness (QED) is 0.674. The summed E-state index contributed by atoms with van der Waals surface area (Å²) in [7, 11) is -3.75. The third-order valence-corrected chi connectivity index (χ3v) is 6.71. The number of rotatable bonds is 5. The fraction of sp³-hybridized carbons (Fsp3) is 0.263. The Kier molecular flexibility index (Phi) is 5.12. The summed E-state index contributed by atoms with van der Waals surface area (Å²) in [4.78, 5) is 19.5. The zero-order chi connectivity index (χ0) is 20.4. The molecule has 3 aromatic rings. The van der Waals surface area contributed by atoms with Gasteiger partial charge < -0.3 is 9.63 Å². The third kappa shape index (κ3) is 3.89. The number of piperidine rings is 1. The molecule has 1 saturated heterocycles. The van der Waals surface area contributed by atoms with Crippen molar-refractivity contribution in [2.45, 2.75) is 23.7 Å². The van der Waals surface area contributed by atoms with E-state index in [4.69, 9.17) is 9.63 Å². The molecule has 29 heavy (non-hydrogen) atoms. The fourth-order valence-electron chi connectivity index (χ4n) is 3.29. The monoisotopic (exact) mass is 414 g/mol. The maximum Gasteiger partial charge on any atom is 0.335 e. The van der Waals surface area contributed by atoms with E-state index in [1.165, 1.54) is 28.6 Å². The lowest BCUT2D eigenvalue weighted by molar-refractivity contribution is 0.0696. The maximum absolute atomic E-state index is 13.0. The van der Waals surface area contributed by atoms with E-state index in [9.17, 15) is 13.2 Å². The van der Waals surface area contributed by atoms with Crippen LogP contribution < -0.4 is 0 Å². The molecule has 1 fully saturated rings. The Hall–Kier alpha value is -3.11. The molecular formula is C19H18N4O5S. The predicted octanol–water partition coefficient (Wildman–Crippen LogP) is 2.40. The molecule has 1 N–H and O–H groups in total. The highest BCUT2D eigenvalue weighted by Gasteiger charge is 2.33. The number of carboxylic acids is 1. The number of aromatic carboxylic acids is 1. The van der Waals surface area contributed by atoms with E-state index in [1.807, 2.05) is 6.07 Å². The highest BCUT2D eigenvalue weighted by molar-refractivity contribution is 7.89. The van der Waals surface area contributed by atoms with Gasteiger partial charge in [-0.05, 0) is 49.2 Å². The molecule has 150 valence electrons. The van der Waals surface area contributed by atoms with Gasteiger partial charge in [0, 0.05) is 31.0 Å². The molecule has 1 atom stereocenters. The van der Waals surface area contributed by atoms with Crippen molar-refractivity contribution in [2.24, 2.45) is 0 Å². The number of nitrogens with zero attached hydrogens (tertiary/aromatic N) is 4. The normalized spacial score (nSPS) is 17.9. The number of benzene rings is 1. The van der Waals surface area contributed by atoms with E-state index in [0.717, 1.165) is 12.0 Å². The van der Waals surface area contributed by atoms with E-state index in [-0.39, 0.29) is 22.9 Å². The average Bonchev–Trinajstić information content (AvgIpc) is 3.25. The first kappa shape index (κ1) is 19.2. The van der Waals surface area contributed by atoms with Gasteiger partial charge in [0.2, 0.25) is 21.7 Å². The highest BCUT2D eigenvalue weighted by Crippen LogP contribution is 2.30. The number of pyridine rings is 1. The molecule has 2 aromatic heterocycles. The van der Waals surface area contributed by atoms with E-state index < -0.39 is 16.0 Å². The minimum atomic E-state index is -3.75. The third-order valence-electron chi connectivity index (χ3n) is 4.83. The first-order valence-electron chi connectivity index (χ1n) is 9.02.